The molecular weight excluding hydrogens is 340 g/mol. The Hall–Kier alpha value is -3.41. The first-order chi connectivity index (χ1) is 13.1. The van der Waals surface area contributed by atoms with Crippen LogP contribution in [-0.4, -0.2) is 29.5 Å². The number of rotatable bonds is 7. The van der Waals surface area contributed by atoms with E-state index in [0.717, 1.165) is 29.0 Å². The van der Waals surface area contributed by atoms with Crippen molar-refractivity contribution >= 4 is 17.5 Å². The molecule has 0 aliphatic carbocycles. The van der Waals surface area contributed by atoms with Gasteiger partial charge in [-0.2, -0.15) is 0 Å². The largest absolute Gasteiger partial charge is 0.497 e. The van der Waals surface area contributed by atoms with E-state index < -0.39 is 0 Å². The van der Waals surface area contributed by atoms with Crippen LogP contribution >= 0.6 is 0 Å². The van der Waals surface area contributed by atoms with Gasteiger partial charge in [-0.15, -0.1) is 0 Å². The third kappa shape index (κ3) is 5.28. The lowest BCUT2D eigenvalue weighted by molar-refractivity contribution is 0.102. The van der Waals surface area contributed by atoms with Crippen molar-refractivity contribution in [3.8, 4) is 5.75 Å². The second-order valence-electron chi connectivity index (χ2n) is 6.14. The fourth-order valence-corrected chi connectivity index (χ4v) is 2.52. The monoisotopic (exact) mass is 362 g/mol. The molecule has 0 saturated heterocycles. The molecule has 2 N–H and O–H groups in total. The van der Waals surface area contributed by atoms with Crippen LogP contribution in [0.5, 0.6) is 5.75 Å². The van der Waals surface area contributed by atoms with Crippen LogP contribution in [0.25, 0.3) is 0 Å². The molecular formula is C21H22N4O2. The molecule has 0 fully saturated rings. The van der Waals surface area contributed by atoms with Crippen molar-refractivity contribution in [1.29, 1.82) is 0 Å². The number of hydrogen-bond acceptors (Lipinski definition) is 5. The zero-order valence-electron chi connectivity index (χ0n) is 15.4. The van der Waals surface area contributed by atoms with Crippen molar-refractivity contribution in [1.82, 2.24) is 9.97 Å². The number of carbonyl (C=O) groups is 1. The summed E-state index contributed by atoms with van der Waals surface area (Å²) in [7, 11) is 1.65. The van der Waals surface area contributed by atoms with Crippen LogP contribution in [-0.2, 0) is 6.42 Å². The van der Waals surface area contributed by atoms with Crippen molar-refractivity contribution in [3.05, 3.63) is 77.6 Å². The molecule has 6 nitrogen and oxygen atoms in total. The number of amides is 1. The van der Waals surface area contributed by atoms with Crippen LogP contribution in [0.1, 0.15) is 21.5 Å². The molecule has 138 valence electrons. The summed E-state index contributed by atoms with van der Waals surface area (Å²) in [5.41, 5.74) is 3.46. The molecule has 6 heteroatoms. The maximum Gasteiger partial charge on any atom is 0.258 e. The third-order valence-corrected chi connectivity index (χ3v) is 4.05. The predicted octanol–water partition coefficient (Wildman–Crippen LogP) is 3.70. The molecule has 3 aromatic rings. The number of hydrogen-bond donors (Lipinski definition) is 2. The van der Waals surface area contributed by atoms with E-state index in [2.05, 4.69) is 20.6 Å². The van der Waals surface area contributed by atoms with Crippen LogP contribution in [0.4, 0.5) is 11.6 Å². The molecule has 0 spiro atoms. The van der Waals surface area contributed by atoms with E-state index in [4.69, 9.17) is 4.74 Å². The number of methoxy groups -OCH3 is 1. The zero-order valence-corrected chi connectivity index (χ0v) is 15.4. The van der Waals surface area contributed by atoms with Gasteiger partial charge in [0.2, 0.25) is 5.95 Å². The minimum atomic E-state index is -0.234. The zero-order chi connectivity index (χ0) is 19.1. The summed E-state index contributed by atoms with van der Waals surface area (Å²) in [5.74, 6) is 1.10. The Morgan fingerprint density at radius 1 is 1.07 bits per heavy atom. The first kappa shape index (κ1) is 18.4. The molecule has 0 aliphatic heterocycles. The van der Waals surface area contributed by atoms with Gasteiger partial charge in [0.05, 0.1) is 12.7 Å². The van der Waals surface area contributed by atoms with Gasteiger partial charge < -0.3 is 15.4 Å². The Labute approximate surface area is 158 Å². The molecule has 1 amide bonds. The topological polar surface area (TPSA) is 76.1 Å². The highest BCUT2D eigenvalue weighted by Gasteiger charge is 2.07. The molecule has 0 aliphatic rings. The lowest BCUT2D eigenvalue weighted by atomic mass is 10.1. The van der Waals surface area contributed by atoms with Crippen LogP contribution in [0, 0.1) is 6.92 Å². The summed E-state index contributed by atoms with van der Waals surface area (Å²) >= 11 is 0. The minimum Gasteiger partial charge on any atom is -0.497 e. The van der Waals surface area contributed by atoms with E-state index in [1.54, 1.807) is 7.11 Å². The lowest BCUT2D eigenvalue weighted by Crippen LogP contribution is -2.14. The first-order valence-electron chi connectivity index (χ1n) is 8.71. The number of aromatic nitrogens is 2. The Kier molecular flexibility index (Phi) is 5.99. The van der Waals surface area contributed by atoms with Gasteiger partial charge in [-0.3, -0.25) is 4.79 Å². The normalized spacial score (nSPS) is 10.3. The maximum atomic E-state index is 12.2. The van der Waals surface area contributed by atoms with E-state index in [-0.39, 0.29) is 5.91 Å². The van der Waals surface area contributed by atoms with Crippen LogP contribution < -0.4 is 15.4 Å². The van der Waals surface area contributed by atoms with E-state index >= 15 is 0 Å². The number of nitrogens with one attached hydrogen (secondary N) is 2. The molecule has 0 bridgehead atoms. The summed E-state index contributed by atoms with van der Waals surface area (Å²) in [5, 5.41) is 5.99. The quantitative estimate of drug-likeness (QED) is 0.670. The van der Waals surface area contributed by atoms with Gasteiger partial charge >= 0.3 is 0 Å². The minimum absolute atomic E-state index is 0.234. The fraction of sp³-hybridized carbons (Fsp3) is 0.190. The van der Waals surface area contributed by atoms with Crippen LogP contribution in [0.2, 0.25) is 0 Å². The van der Waals surface area contributed by atoms with Gasteiger partial charge in [0, 0.05) is 24.6 Å². The molecule has 1 aromatic heterocycles. The van der Waals surface area contributed by atoms with Gasteiger partial charge in [-0.1, -0.05) is 29.8 Å². The van der Waals surface area contributed by atoms with E-state index in [1.165, 1.54) is 12.4 Å². The van der Waals surface area contributed by atoms with E-state index in [9.17, 15) is 4.79 Å². The third-order valence-electron chi connectivity index (χ3n) is 4.05. The SMILES string of the molecule is COc1cccc(CCNc2ncc(C(=O)Nc3ccc(C)cc3)cn2)c1. The molecule has 3 rings (SSSR count). The average Bonchev–Trinajstić information content (AvgIpc) is 2.70. The van der Waals surface area contributed by atoms with Gasteiger partial charge in [0.1, 0.15) is 5.75 Å². The number of carbonyl (C=O) groups excluding carboxylic acids is 1. The number of nitrogens with zero attached hydrogens (tertiary/aromatic N) is 2. The van der Waals surface area contributed by atoms with Gasteiger partial charge in [0.25, 0.3) is 5.91 Å². The first-order valence-corrected chi connectivity index (χ1v) is 8.71. The predicted molar refractivity (Wildman–Crippen MR) is 106 cm³/mol. The smallest absolute Gasteiger partial charge is 0.258 e. The highest BCUT2D eigenvalue weighted by Crippen LogP contribution is 2.13. The summed E-state index contributed by atoms with van der Waals surface area (Å²) in [4.78, 5) is 20.7. The molecule has 27 heavy (non-hydrogen) atoms. The number of anilines is 2. The van der Waals surface area contributed by atoms with E-state index in [0.29, 0.717) is 18.1 Å². The Bertz CT molecular complexity index is 893. The van der Waals surface area contributed by atoms with Crippen molar-refractivity contribution in [2.75, 3.05) is 24.3 Å². The van der Waals surface area contributed by atoms with Crippen molar-refractivity contribution < 1.29 is 9.53 Å². The number of benzene rings is 2. The molecule has 2 aromatic carbocycles. The second kappa shape index (κ2) is 8.80. The highest BCUT2D eigenvalue weighted by atomic mass is 16.5. The van der Waals surface area contributed by atoms with Crippen molar-refractivity contribution in [3.63, 3.8) is 0 Å². The van der Waals surface area contributed by atoms with Crippen LogP contribution in [0.3, 0.4) is 0 Å². The highest BCUT2D eigenvalue weighted by molar-refractivity contribution is 6.03. The lowest BCUT2D eigenvalue weighted by Gasteiger charge is -2.08. The van der Waals surface area contributed by atoms with Crippen molar-refractivity contribution in [2.24, 2.45) is 0 Å². The average molecular weight is 362 g/mol. The summed E-state index contributed by atoms with van der Waals surface area (Å²) < 4.78 is 5.22. The molecule has 1 heterocycles. The summed E-state index contributed by atoms with van der Waals surface area (Å²) in [6.45, 7) is 2.68. The maximum absolute atomic E-state index is 12.2. The summed E-state index contributed by atoms with van der Waals surface area (Å²) in [6, 6.07) is 15.5. The molecule has 0 saturated carbocycles. The molecule has 0 radical (unpaired) electrons. The van der Waals surface area contributed by atoms with Gasteiger partial charge in [-0.25, -0.2) is 9.97 Å². The van der Waals surface area contributed by atoms with Gasteiger partial charge in [0.15, 0.2) is 0 Å². The Balaban J connectivity index is 1.52. The standard InChI is InChI=1S/C21H22N4O2/c1-15-6-8-18(9-7-15)25-20(26)17-13-23-21(24-14-17)22-11-10-16-4-3-5-19(12-16)27-2/h3-9,12-14H,10-11H2,1-2H3,(H,25,26)(H,22,23,24). The molecule has 0 unspecified atom stereocenters. The van der Waals surface area contributed by atoms with E-state index in [1.807, 2.05) is 55.5 Å². The number of aryl methyl sites for hydroxylation is 1. The van der Waals surface area contributed by atoms with Crippen molar-refractivity contribution in [2.45, 2.75) is 13.3 Å². The Morgan fingerprint density at radius 2 is 1.81 bits per heavy atom. The fourth-order valence-electron chi connectivity index (χ4n) is 2.52. The Morgan fingerprint density at radius 3 is 2.52 bits per heavy atom. The van der Waals surface area contributed by atoms with Gasteiger partial charge in [-0.05, 0) is 43.2 Å². The summed E-state index contributed by atoms with van der Waals surface area (Å²) in [6.07, 6.45) is 3.85. The van der Waals surface area contributed by atoms with Crippen LogP contribution in [0.15, 0.2) is 60.9 Å². The molecule has 0 atom stereocenters. The number of ether oxygens (including phenoxy) is 1. The second-order valence-corrected chi connectivity index (χ2v) is 6.14.